The topological polar surface area (TPSA) is 32.3 Å². The van der Waals surface area contributed by atoms with E-state index in [4.69, 9.17) is 0 Å². The second-order valence-electron chi connectivity index (χ2n) is 6.95. The molecule has 0 radical (unpaired) electrons. The largest absolute Gasteiger partial charge is 0.342 e. The molecule has 2 saturated heterocycles. The Bertz CT molecular complexity index is 336. The van der Waals surface area contributed by atoms with Gasteiger partial charge in [-0.15, -0.1) is 0 Å². The van der Waals surface area contributed by atoms with Crippen molar-refractivity contribution in [2.45, 2.75) is 32.1 Å². The van der Waals surface area contributed by atoms with Crippen molar-refractivity contribution >= 4 is 5.91 Å². The van der Waals surface area contributed by atoms with Crippen LogP contribution in [0.1, 0.15) is 32.1 Å². The summed E-state index contributed by atoms with van der Waals surface area (Å²) in [7, 11) is 0. The van der Waals surface area contributed by atoms with Crippen molar-refractivity contribution in [2.75, 3.05) is 26.2 Å². The molecular formula is C15H24N2O. The van der Waals surface area contributed by atoms with Crippen LogP contribution in [0.3, 0.4) is 0 Å². The first-order valence-corrected chi connectivity index (χ1v) is 7.82. The lowest BCUT2D eigenvalue weighted by Gasteiger charge is -2.36. The van der Waals surface area contributed by atoms with Gasteiger partial charge in [0.2, 0.25) is 5.91 Å². The number of amides is 1. The first-order chi connectivity index (χ1) is 8.83. The minimum absolute atomic E-state index is 0.413. The smallest absolute Gasteiger partial charge is 0.226 e. The number of fused-ring (bicyclic) bond motifs is 1. The van der Waals surface area contributed by atoms with Gasteiger partial charge in [0.1, 0.15) is 0 Å². The molecule has 0 aromatic heterocycles. The summed E-state index contributed by atoms with van der Waals surface area (Å²) < 4.78 is 0. The summed E-state index contributed by atoms with van der Waals surface area (Å²) in [5.41, 5.74) is 0. The summed E-state index contributed by atoms with van der Waals surface area (Å²) in [6.45, 7) is 4.37. The predicted octanol–water partition coefficient (Wildman–Crippen LogP) is 1.49. The third kappa shape index (κ3) is 1.97. The minimum atomic E-state index is 0.413. The van der Waals surface area contributed by atoms with Gasteiger partial charge in [0.05, 0.1) is 0 Å². The van der Waals surface area contributed by atoms with Crippen LogP contribution >= 0.6 is 0 Å². The van der Waals surface area contributed by atoms with E-state index < -0.39 is 0 Å². The van der Waals surface area contributed by atoms with E-state index in [1.54, 1.807) is 0 Å². The number of rotatable bonds is 3. The summed E-state index contributed by atoms with van der Waals surface area (Å²) in [5.74, 6) is 4.02. The molecule has 4 aliphatic rings. The van der Waals surface area contributed by atoms with Crippen molar-refractivity contribution in [2.24, 2.45) is 29.6 Å². The van der Waals surface area contributed by atoms with Crippen molar-refractivity contribution in [1.29, 1.82) is 0 Å². The minimum Gasteiger partial charge on any atom is -0.342 e. The highest BCUT2D eigenvalue weighted by molar-refractivity contribution is 5.80. The van der Waals surface area contributed by atoms with Crippen LogP contribution in [0.2, 0.25) is 0 Å². The van der Waals surface area contributed by atoms with E-state index in [1.165, 1.54) is 38.6 Å². The van der Waals surface area contributed by atoms with Crippen molar-refractivity contribution in [3.05, 3.63) is 0 Å². The fraction of sp³-hybridized carbons (Fsp3) is 0.933. The van der Waals surface area contributed by atoms with Gasteiger partial charge in [-0.3, -0.25) is 4.79 Å². The number of hydrogen-bond acceptors (Lipinski definition) is 2. The number of nitrogens with zero attached hydrogens (tertiary/aromatic N) is 1. The van der Waals surface area contributed by atoms with Crippen LogP contribution in [0.25, 0.3) is 0 Å². The number of nitrogens with one attached hydrogen (secondary N) is 1. The van der Waals surface area contributed by atoms with Crippen molar-refractivity contribution in [3.63, 3.8) is 0 Å². The molecule has 0 aromatic rings. The number of hydrogen-bond donors (Lipinski definition) is 1. The van der Waals surface area contributed by atoms with E-state index in [1.807, 2.05) is 0 Å². The maximum absolute atomic E-state index is 12.8. The Morgan fingerprint density at radius 1 is 1.00 bits per heavy atom. The van der Waals surface area contributed by atoms with Gasteiger partial charge in [0.25, 0.3) is 0 Å². The van der Waals surface area contributed by atoms with Crippen LogP contribution < -0.4 is 5.32 Å². The molecule has 2 unspecified atom stereocenters. The molecule has 100 valence electrons. The monoisotopic (exact) mass is 248 g/mol. The van der Waals surface area contributed by atoms with Crippen LogP contribution in [-0.2, 0) is 4.79 Å². The fourth-order valence-corrected chi connectivity index (χ4v) is 4.14. The SMILES string of the molecule is O=C(C(C1CC1)C1CC1)N1CCC2CNCC2C1. The molecule has 1 amide bonds. The highest BCUT2D eigenvalue weighted by Gasteiger charge is 2.48. The van der Waals surface area contributed by atoms with Gasteiger partial charge in [-0.2, -0.15) is 0 Å². The number of carbonyl (C=O) groups is 1. The average molecular weight is 248 g/mol. The molecule has 0 spiro atoms. The maximum atomic E-state index is 12.8. The van der Waals surface area contributed by atoms with Crippen molar-refractivity contribution in [1.82, 2.24) is 10.2 Å². The highest BCUT2D eigenvalue weighted by atomic mass is 16.2. The molecular weight excluding hydrogens is 224 g/mol. The summed E-state index contributed by atoms with van der Waals surface area (Å²) in [4.78, 5) is 15.0. The van der Waals surface area contributed by atoms with Gasteiger partial charge < -0.3 is 10.2 Å². The van der Waals surface area contributed by atoms with Crippen LogP contribution in [0.15, 0.2) is 0 Å². The van der Waals surface area contributed by atoms with E-state index in [0.717, 1.165) is 43.3 Å². The predicted molar refractivity (Wildman–Crippen MR) is 70.0 cm³/mol. The van der Waals surface area contributed by atoms with E-state index in [9.17, 15) is 4.79 Å². The molecule has 4 rings (SSSR count). The molecule has 18 heavy (non-hydrogen) atoms. The molecule has 2 heterocycles. The molecule has 2 saturated carbocycles. The first-order valence-electron chi connectivity index (χ1n) is 7.82. The summed E-state index contributed by atoms with van der Waals surface area (Å²) >= 11 is 0. The second-order valence-corrected chi connectivity index (χ2v) is 6.95. The Balaban J connectivity index is 1.44. The first kappa shape index (κ1) is 11.3. The number of piperidine rings is 1. The molecule has 0 aromatic carbocycles. The fourth-order valence-electron chi connectivity index (χ4n) is 4.14. The Morgan fingerprint density at radius 3 is 2.33 bits per heavy atom. The average Bonchev–Trinajstić information content (AvgIpc) is 3.30. The van der Waals surface area contributed by atoms with Crippen LogP contribution in [0, 0.1) is 29.6 Å². The van der Waals surface area contributed by atoms with Gasteiger partial charge in [0, 0.05) is 19.0 Å². The summed E-state index contributed by atoms with van der Waals surface area (Å²) in [6, 6.07) is 0. The lowest BCUT2D eigenvalue weighted by atomic mass is 9.87. The van der Waals surface area contributed by atoms with E-state index in [0.29, 0.717) is 11.8 Å². The van der Waals surface area contributed by atoms with Crippen molar-refractivity contribution < 1.29 is 4.79 Å². The quantitative estimate of drug-likeness (QED) is 0.821. The molecule has 3 heteroatoms. The molecule has 2 atom stereocenters. The summed E-state index contributed by atoms with van der Waals surface area (Å²) in [6.07, 6.45) is 6.48. The molecule has 3 nitrogen and oxygen atoms in total. The number of likely N-dealkylation sites (tertiary alicyclic amines) is 1. The molecule has 2 aliphatic carbocycles. The van der Waals surface area contributed by atoms with E-state index >= 15 is 0 Å². The lowest BCUT2D eigenvalue weighted by molar-refractivity contribution is -0.139. The molecule has 4 fully saturated rings. The zero-order valence-electron chi connectivity index (χ0n) is 11.1. The molecule has 2 aliphatic heterocycles. The van der Waals surface area contributed by atoms with E-state index in [-0.39, 0.29) is 0 Å². The Kier molecular flexibility index (Phi) is 2.65. The molecule has 0 bridgehead atoms. The van der Waals surface area contributed by atoms with Crippen LogP contribution in [-0.4, -0.2) is 37.0 Å². The van der Waals surface area contributed by atoms with Gasteiger partial charge in [-0.1, -0.05) is 0 Å². The van der Waals surface area contributed by atoms with Gasteiger partial charge in [-0.25, -0.2) is 0 Å². The highest BCUT2D eigenvalue weighted by Crippen LogP contribution is 2.50. The Hall–Kier alpha value is -0.570. The molecule has 1 N–H and O–H groups in total. The van der Waals surface area contributed by atoms with E-state index in [2.05, 4.69) is 10.2 Å². The van der Waals surface area contributed by atoms with Crippen LogP contribution in [0.5, 0.6) is 0 Å². The zero-order valence-corrected chi connectivity index (χ0v) is 11.1. The maximum Gasteiger partial charge on any atom is 0.226 e. The van der Waals surface area contributed by atoms with Crippen LogP contribution in [0.4, 0.5) is 0 Å². The normalized spacial score (nSPS) is 35.9. The van der Waals surface area contributed by atoms with Crippen molar-refractivity contribution in [3.8, 4) is 0 Å². The van der Waals surface area contributed by atoms with Gasteiger partial charge >= 0.3 is 0 Å². The zero-order chi connectivity index (χ0) is 12.1. The third-order valence-corrected chi connectivity index (χ3v) is 5.56. The third-order valence-electron chi connectivity index (χ3n) is 5.56. The Labute approximate surface area is 109 Å². The lowest BCUT2D eigenvalue weighted by Crippen LogP contribution is -2.46. The standard InChI is InChI=1S/C15H24N2O/c18-15(14(10-1-2-10)11-3-4-11)17-6-5-12-7-16-8-13(12)9-17/h10-14,16H,1-9H2. The Morgan fingerprint density at radius 2 is 1.67 bits per heavy atom. The summed E-state index contributed by atoms with van der Waals surface area (Å²) in [5, 5.41) is 3.49. The number of carbonyl (C=O) groups excluding carboxylic acids is 1. The van der Waals surface area contributed by atoms with Gasteiger partial charge in [0.15, 0.2) is 0 Å². The van der Waals surface area contributed by atoms with Gasteiger partial charge in [-0.05, 0) is 68.9 Å². The second kappa shape index (κ2) is 4.22.